The van der Waals surface area contributed by atoms with Crippen LogP contribution in [-0.2, 0) is 11.3 Å². The van der Waals surface area contributed by atoms with Crippen LogP contribution in [0.2, 0.25) is 0 Å². The molecule has 1 atom stereocenters. The molecule has 2 heterocycles. The summed E-state index contributed by atoms with van der Waals surface area (Å²) in [5, 5.41) is 0. The number of aromatic nitrogens is 2. The molecule has 1 amide bonds. The minimum Gasteiger partial charge on any atom is -0.497 e. The molecule has 1 aliphatic heterocycles. The molecule has 3 rings (SSSR count). The Kier molecular flexibility index (Phi) is 5.14. The molecule has 0 N–H and O–H groups in total. The number of hydrogen-bond acceptors (Lipinski definition) is 6. The van der Waals surface area contributed by atoms with E-state index in [1.54, 1.807) is 37.6 Å². The third-order valence-electron chi connectivity index (χ3n) is 4.40. The lowest BCUT2D eigenvalue weighted by Gasteiger charge is -2.24. The minimum atomic E-state index is -0.169. The van der Waals surface area contributed by atoms with Crippen molar-refractivity contribution in [1.82, 2.24) is 14.9 Å². The number of benzene rings is 1. The fourth-order valence-electron chi connectivity index (χ4n) is 3.09. The summed E-state index contributed by atoms with van der Waals surface area (Å²) >= 11 is 0. The zero-order valence-electron chi connectivity index (χ0n) is 14.7. The van der Waals surface area contributed by atoms with Crippen LogP contribution in [0.5, 0.6) is 11.5 Å². The third-order valence-corrected chi connectivity index (χ3v) is 4.40. The van der Waals surface area contributed by atoms with Gasteiger partial charge in [-0.2, -0.15) is 0 Å². The quantitative estimate of drug-likeness (QED) is 0.796. The van der Waals surface area contributed by atoms with E-state index in [1.165, 1.54) is 6.33 Å². The fourth-order valence-corrected chi connectivity index (χ4v) is 3.09. The van der Waals surface area contributed by atoms with Gasteiger partial charge in [-0.05, 0) is 13.5 Å². The summed E-state index contributed by atoms with van der Waals surface area (Å²) < 4.78 is 10.6. The first kappa shape index (κ1) is 17.2. The first-order chi connectivity index (χ1) is 12.1. The van der Waals surface area contributed by atoms with Crippen molar-refractivity contribution < 1.29 is 14.3 Å². The molecule has 1 aromatic heterocycles. The second kappa shape index (κ2) is 7.48. The molecule has 1 aliphatic rings. The Morgan fingerprint density at radius 1 is 1.16 bits per heavy atom. The van der Waals surface area contributed by atoms with E-state index >= 15 is 0 Å². The van der Waals surface area contributed by atoms with Crippen LogP contribution < -0.4 is 14.4 Å². The summed E-state index contributed by atoms with van der Waals surface area (Å²) in [6.07, 6.45) is 5.81. The lowest BCUT2D eigenvalue weighted by molar-refractivity contribution is -0.121. The van der Waals surface area contributed by atoms with Gasteiger partial charge in [0.2, 0.25) is 5.91 Å². The van der Waals surface area contributed by atoms with Crippen molar-refractivity contribution in [3.8, 4) is 11.5 Å². The highest BCUT2D eigenvalue weighted by Gasteiger charge is 2.35. The summed E-state index contributed by atoms with van der Waals surface area (Å²) in [5.41, 5.74) is 1.78. The monoisotopic (exact) mass is 342 g/mol. The van der Waals surface area contributed by atoms with Crippen LogP contribution in [0.3, 0.4) is 0 Å². The molecule has 2 aromatic rings. The van der Waals surface area contributed by atoms with Crippen LogP contribution in [0.4, 0.5) is 5.69 Å². The first-order valence-electron chi connectivity index (χ1n) is 8.11. The van der Waals surface area contributed by atoms with Gasteiger partial charge in [0, 0.05) is 49.2 Å². The molecular formula is C18H22N4O3. The van der Waals surface area contributed by atoms with Gasteiger partial charge in [0.05, 0.1) is 25.9 Å². The highest BCUT2D eigenvalue weighted by Crippen LogP contribution is 2.31. The Hall–Kier alpha value is -2.67. The Morgan fingerprint density at radius 2 is 1.80 bits per heavy atom. The Balaban J connectivity index is 1.75. The zero-order chi connectivity index (χ0) is 17.8. The smallest absolute Gasteiger partial charge is 0.244 e. The molecule has 0 spiro atoms. The maximum atomic E-state index is 12.9. The van der Waals surface area contributed by atoms with Crippen LogP contribution in [-0.4, -0.2) is 54.6 Å². The van der Waals surface area contributed by atoms with E-state index in [0.717, 1.165) is 17.7 Å². The average Bonchev–Trinajstić information content (AvgIpc) is 3.03. The molecular weight excluding hydrogens is 320 g/mol. The Labute approximate surface area is 147 Å². The van der Waals surface area contributed by atoms with Gasteiger partial charge in [-0.3, -0.25) is 9.69 Å². The molecule has 7 heteroatoms. The number of carbonyl (C=O) groups excluding carboxylic acids is 1. The normalized spacial score (nSPS) is 17.2. The lowest BCUT2D eigenvalue weighted by Crippen LogP contribution is -2.39. The maximum Gasteiger partial charge on any atom is 0.244 e. The minimum absolute atomic E-state index is 0.0784. The second-order valence-electron chi connectivity index (χ2n) is 6.03. The predicted molar refractivity (Wildman–Crippen MR) is 93.8 cm³/mol. The lowest BCUT2D eigenvalue weighted by atomic mass is 10.2. The maximum absolute atomic E-state index is 12.9. The van der Waals surface area contributed by atoms with Crippen molar-refractivity contribution in [2.24, 2.45) is 0 Å². The predicted octanol–water partition coefficient (Wildman–Crippen LogP) is 1.73. The van der Waals surface area contributed by atoms with Crippen molar-refractivity contribution in [3.63, 3.8) is 0 Å². The number of carbonyl (C=O) groups is 1. The van der Waals surface area contributed by atoms with Crippen molar-refractivity contribution in [2.45, 2.75) is 19.0 Å². The number of anilines is 1. The third kappa shape index (κ3) is 3.71. The van der Waals surface area contributed by atoms with E-state index in [0.29, 0.717) is 24.6 Å². The summed E-state index contributed by atoms with van der Waals surface area (Å²) in [6, 6.07) is 5.34. The molecule has 0 saturated carbocycles. The molecule has 0 radical (unpaired) electrons. The van der Waals surface area contributed by atoms with Crippen molar-refractivity contribution >= 4 is 11.6 Å². The zero-order valence-corrected chi connectivity index (χ0v) is 14.7. The van der Waals surface area contributed by atoms with Gasteiger partial charge in [-0.25, -0.2) is 9.97 Å². The van der Waals surface area contributed by atoms with Gasteiger partial charge in [-0.15, -0.1) is 0 Å². The Morgan fingerprint density at radius 3 is 2.40 bits per heavy atom. The molecule has 0 unspecified atom stereocenters. The van der Waals surface area contributed by atoms with E-state index in [2.05, 4.69) is 9.97 Å². The molecule has 0 bridgehead atoms. The van der Waals surface area contributed by atoms with Gasteiger partial charge in [-0.1, -0.05) is 0 Å². The van der Waals surface area contributed by atoms with Crippen molar-refractivity contribution in [2.75, 3.05) is 32.7 Å². The van der Waals surface area contributed by atoms with Gasteiger partial charge in [0.1, 0.15) is 17.8 Å². The summed E-state index contributed by atoms with van der Waals surface area (Å²) in [4.78, 5) is 24.8. The fraction of sp³-hybridized carbons (Fsp3) is 0.389. The molecule has 1 aromatic carbocycles. The molecule has 25 heavy (non-hydrogen) atoms. The van der Waals surface area contributed by atoms with E-state index in [-0.39, 0.29) is 11.9 Å². The first-order valence-corrected chi connectivity index (χ1v) is 8.11. The van der Waals surface area contributed by atoms with Crippen molar-refractivity contribution in [1.29, 1.82) is 0 Å². The number of amides is 1. The summed E-state index contributed by atoms with van der Waals surface area (Å²) in [6.45, 7) is 1.29. The molecule has 1 saturated heterocycles. The topological polar surface area (TPSA) is 67.8 Å². The van der Waals surface area contributed by atoms with Crippen LogP contribution >= 0.6 is 0 Å². The second-order valence-corrected chi connectivity index (χ2v) is 6.03. The van der Waals surface area contributed by atoms with E-state index in [4.69, 9.17) is 9.47 Å². The summed E-state index contributed by atoms with van der Waals surface area (Å²) in [5.74, 6) is 1.41. The van der Waals surface area contributed by atoms with Crippen LogP contribution in [0, 0.1) is 0 Å². The van der Waals surface area contributed by atoms with Gasteiger partial charge >= 0.3 is 0 Å². The highest BCUT2D eigenvalue weighted by atomic mass is 16.5. The van der Waals surface area contributed by atoms with Gasteiger partial charge in [0.15, 0.2) is 0 Å². The van der Waals surface area contributed by atoms with E-state index in [1.807, 2.05) is 24.1 Å². The van der Waals surface area contributed by atoms with Crippen molar-refractivity contribution in [3.05, 3.63) is 42.5 Å². The largest absolute Gasteiger partial charge is 0.497 e. The number of rotatable bonds is 6. The number of methoxy groups -OCH3 is 2. The van der Waals surface area contributed by atoms with E-state index < -0.39 is 0 Å². The number of ether oxygens (including phenoxy) is 2. The average molecular weight is 342 g/mol. The van der Waals surface area contributed by atoms with Gasteiger partial charge in [0.25, 0.3) is 0 Å². The Bertz CT molecular complexity index is 716. The number of hydrogen-bond donors (Lipinski definition) is 0. The SMILES string of the molecule is COc1cc(OC)cc(N2CC[C@H](N(C)Cc3cncnc3)C2=O)c1. The van der Waals surface area contributed by atoms with Gasteiger partial charge < -0.3 is 14.4 Å². The van der Waals surface area contributed by atoms with Crippen LogP contribution in [0.15, 0.2) is 36.9 Å². The van der Waals surface area contributed by atoms with Crippen LogP contribution in [0.1, 0.15) is 12.0 Å². The standard InChI is InChI=1S/C18H22N4O3/c1-21(11-13-9-19-12-20-10-13)17-4-5-22(18(17)23)14-6-15(24-2)8-16(7-14)25-3/h6-10,12,17H,4-5,11H2,1-3H3/t17-/m0/s1. The molecule has 1 fully saturated rings. The van der Waals surface area contributed by atoms with E-state index in [9.17, 15) is 4.79 Å². The van der Waals surface area contributed by atoms with Crippen LogP contribution in [0.25, 0.3) is 0 Å². The summed E-state index contributed by atoms with van der Waals surface area (Å²) in [7, 11) is 5.15. The highest BCUT2D eigenvalue weighted by molar-refractivity contribution is 5.99. The molecule has 7 nitrogen and oxygen atoms in total. The number of nitrogens with zero attached hydrogens (tertiary/aromatic N) is 4. The molecule has 132 valence electrons. The molecule has 0 aliphatic carbocycles. The number of likely N-dealkylation sites (N-methyl/N-ethyl adjacent to an activating group) is 1.